The van der Waals surface area contributed by atoms with Crippen molar-refractivity contribution >= 4 is 40.0 Å². The number of halogens is 1. The summed E-state index contributed by atoms with van der Waals surface area (Å²) < 4.78 is 5.28. The number of nitrogens with one attached hydrogen (secondary N) is 1. The molecule has 0 unspecified atom stereocenters. The van der Waals surface area contributed by atoms with E-state index in [4.69, 9.17) is 16.0 Å². The zero-order valence-corrected chi connectivity index (χ0v) is 14.4. The third-order valence-electron chi connectivity index (χ3n) is 3.68. The first-order valence-corrected chi connectivity index (χ1v) is 8.78. The van der Waals surface area contributed by atoms with Crippen molar-refractivity contribution in [3.63, 3.8) is 0 Å². The van der Waals surface area contributed by atoms with Crippen molar-refractivity contribution < 1.29 is 4.42 Å². The van der Waals surface area contributed by atoms with Crippen LogP contribution in [0.25, 0.3) is 11.0 Å². The van der Waals surface area contributed by atoms with Gasteiger partial charge in [0.1, 0.15) is 5.58 Å². The average molecular weight is 346 g/mol. The first-order chi connectivity index (χ1) is 11.1. The molecule has 0 amide bonds. The quantitative estimate of drug-likeness (QED) is 0.528. The van der Waals surface area contributed by atoms with Gasteiger partial charge in [-0.2, -0.15) is 0 Å². The molecule has 3 nitrogen and oxygen atoms in total. The lowest BCUT2D eigenvalue weighted by atomic mass is 10.1. The van der Waals surface area contributed by atoms with Crippen LogP contribution in [0.15, 0.2) is 56.6 Å². The van der Waals surface area contributed by atoms with E-state index in [1.165, 1.54) is 11.0 Å². The Balaban J connectivity index is 1.92. The van der Waals surface area contributed by atoms with Crippen LogP contribution in [0.3, 0.4) is 0 Å². The molecule has 5 heteroatoms. The Labute approximate surface area is 143 Å². The fourth-order valence-corrected chi connectivity index (χ4v) is 2.97. The molecule has 0 atom stereocenters. The van der Waals surface area contributed by atoms with E-state index in [0.717, 1.165) is 22.2 Å². The molecule has 1 N–H and O–H groups in total. The maximum Gasteiger partial charge on any atom is 0.336 e. The summed E-state index contributed by atoms with van der Waals surface area (Å²) in [7, 11) is 0. The van der Waals surface area contributed by atoms with E-state index in [0.29, 0.717) is 17.2 Å². The van der Waals surface area contributed by atoms with E-state index in [2.05, 4.69) is 17.4 Å². The second-order valence-electron chi connectivity index (χ2n) is 5.27. The van der Waals surface area contributed by atoms with Crippen molar-refractivity contribution in [1.29, 1.82) is 0 Å². The molecule has 0 saturated heterocycles. The van der Waals surface area contributed by atoms with Crippen molar-refractivity contribution in [1.82, 2.24) is 0 Å². The third-order valence-corrected chi connectivity index (χ3v) is 4.83. The van der Waals surface area contributed by atoms with E-state index in [-0.39, 0.29) is 5.63 Å². The molecular formula is C18H16ClNO2S. The minimum atomic E-state index is -0.353. The van der Waals surface area contributed by atoms with Crippen LogP contribution in [0.1, 0.15) is 11.1 Å². The minimum absolute atomic E-state index is 0.353. The molecule has 0 spiro atoms. The Morgan fingerprint density at radius 2 is 1.91 bits per heavy atom. The highest BCUT2D eigenvalue weighted by atomic mass is 35.5. The van der Waals surface area contributed by atoms with Gasteiger partial charge in [0.25, 0.3) is 0 Å². The summed E-state index contributed by atoms with van der Waals surface area (Å²) in [6.07, 6.45) is 2.05. The lowest BCUT2D eigenvalue weighted by molar-refractivity contribution is 0.559. The summed E-state index contributed by atoms with van der Waals surface area (Å²) in [5.74, 6) is 0. The Hall–Kier alpha value is -1.91. The second-order valence-corrected chi connectivity index (χ2v) is 6.56. The Morgan fingerprint density at radius 1 is 1.17 bits per heavy atom. The van der Waals surface area contributed by atoms with E-state index >= 15 is 0 Å². The van der Waals surface area contributed by atoms with Crippen LogP contribution in [0.5, 0.6) is 0 Å². The molecule has 0 fully saturated rings. The summed E-state index contributed by atoms with van der Waals surface area (Å²) in [4.78, 5) is 13.0. The first kappa shape index (κ1) is 16.0. The van der Waals surface area contributed by atoms with Gasteiger partial charge in [0.2, 0.25) is 0 Å². The molecule has 0 saturated carbocycles. The largest absolute Gasteiger partial charge is 0.423 e. The highest BCUT2D eigenvalue weighted by molar-refractivity contribution is 7.98. The second kappa shape index (κ2) is 6.69. The van der Waals surface area contributed by atoms with Gasteiger partial charge in [-0.05, 0) is 60.7 Å². The predicted molar refractivity (Wildman–Crippen MR) is 97.8 cm³/mol. The summed E-state index contributed by atoms with van der Waals surface area (Å²) in [6, 6.07) is 13.3. The van der Waals surface area contributed by atoms with Gasteiger partial charge < -0.3 is 9.73 Å². The van der Waals surface area contributed by atoms with E-state index in [9.17, 15) is 4.79 Å². The van der Waals surface area contributed by atoms with Gasteiger partial charge >= 0.3 is 5.63 Å². The summed E-state index contributed by atoms with van der Waals surface area (Å²) in [5, 5.41) is 4.85. The lowest BCUT2D eigenvalue weighted by Crippen LogP contribution is -2.06. The summed E-state index contributed by atoms with van der Waals surface area (Å²) in [5.41, 5.74) is 2.97. The Kier molecular flexibility index (Phi) is 4.64. The van der Waals surface area contributed by atoms with Crippen molar-refractivity contribution in [2.24, 2.45) is 0 Å². The first-order valence-electron chi connectivity index (χ1n) is 7.17. The van der Waals surface area contributed by atoms with Gasteiger partial charge in [0, 0.05) is 33.6 Å². The molecule has 1 aromatic heterocycles. The fraction of sp³-hybridized carbons (Fsp3) is 0.167. The van der Waals surface area contributed by atoms with Crippen LogP contribution in [-0.4, -0.2) is 6.26 Å². The number of anilines is 1. The Morgan fingerprint density at radius 3 is 2.61 bits per heavy atom. The fourth-order valence-electron chi connectivity index (χ4n) is 2.40. The highest BCUT2D eigenvalue weighted by Crippen LogP contribution is 2.26. The molecule has 3 aromatic rings. The number of thioether (sulfide) groups is 1. The molecule has 0 aliphatic heterocycles. The number of rotatable bonds is 4. The third kappa shape index (κ3) is 3.54. The lowest BCUT2D eigenvalue weighted by Gasteiger charge is -2.10. The number of hydrogen-bond acceptors (Lipinski definition) is 4. The highest BCUT2D eigenvalue weighted by Gasteiger charge is 2.08. The van der Waals surface area contributed by atoms with Crippen molar-refractivity contribution in [3.8, 4) is 0 Å². The Bertz CT molecular complexity index is 903. The predicted octanol–water partition coefficient (Wildman–Crippen LogP) is 5.09. The molecule has 0 aliphatic carbocycles. The van der Waals surface area contributed by atoms with Gasteiger partial charge in [0.15, 0.2) is 0 Å². The maximum absolute atomic E-state index is 11.8. The van der Waals surface area contributed by atoms with Gasteiger partial charge in [-0.25, -0.2) is 4.79 Å². The average Bonchev–Trinajstić information content (AvgIpc) is 2.55. The number of fused-ring (bicyclic) bond motifs is 1. The molecular weight excluding hydrogens is 330 g/mol. The zero-order chi connectivity index (χ0) is 16.4. The normalized spacial score (nSPS) is 10.9. The SMILES string of the molecule is CSc1ccc(NCc2cc(=O)oc3cc(C)c(Cl)cc23)cc1. The van der Waals surface area contributed by atoms with Gasteiger partial charge in [0.05, 0.1) is 0 Å². The topological polar surface area (TPSA) is 42.2 Å². The van der Waals surface area contributed by atoms with Crippen molar-refractivity contribution in [3.05, 3.63) is 69.0 Å². The standard InChI is InChI=1S/C18H16ClNO2S/c1-11-7-17-15(9-16(11)19)12(8-18(21)22-17)10-20-13-3-5-14(23-2)6-4-13/h3-9,20H,10H2,1-2H3. The molecule has 118 valence electrons. The van der Waals surface area contributed by atoms with Crippen molar-refractivity contribution in [2.45, 2.75) is 18.4 Å². The van der Waals surface area contributed by atoms with Crippen molar-refractivity contribution in [2.75, 3.05) is 11.6 Å². The van der Waals surface area contributed by atoms with Crippen LogP contribution in [0.2, 0.25) is 5.02 Å². The molecule has 0 radical (unpaired) electrons. The number of benzene rings is 2. The molecule has 0 bridgehead atoms. The summed E-state index contributed by atoms with van der Waals surface area (Å²) in [6.45, 7) is 2.42. The monoisotopic (exact) mass is 345 g/mol. The van der Waals surface area contributed by atoms with E-state index in [1.54, 1.807) is 17.8 Å². The molecule has 23 heavy (non-hydrogen) atoms. The van der Waals surface area contributed by atoms with E-state index in [1.807, 2.05) is 31.4 Å². The molecule has 2 aromatic carbocycles. The van der Waals surface area contributed by atoms with Gasteiger partial charge in [-0.1, -0.05) is 11.6 Å². The molecule has 3 rings (SSSR count). The minimum Gasteiger partial charge on any atom is -0.423 e. The molecule has 0 aliphatic rings. The van der Waals surface area contributed by atoms with Crippen LogP contribution in [-0.2, 0) is 6.54 Å². The van der Waals surface area contributed by atoms with E-state index < -0.39 is 0 Å². The van der Waals surface area contributed by atoms with Gasteiger partial charge in [-0.3, -0.25) is 0 Å². The van der Waals surface area contributed by atoms with Crippen LogP contribution < -0.4 is 10.9 Å². The van der Waals surface area contributed by atoms with Crippen LogP contribution in [0.4, 0.5) is 5.69 Å². The smallest absolute Gasteiger partial charge is 0.336 e. The van der Waals surface area contributed by atoms with Crippen LogP contribution in [0, 0.1) is 6.92 Å². The zero-order valence-electron chi connectivity index (χ0n) is 12.9. The van der Waals surface area contributed by atoms with Gasteiger partial charge in [-0.15, -0.1) is 11.8 Å². The maximum atomic E-state index is 11.8. The van der Waals surface area contributed by atoms with Crippen LogP contribution >= 0.6 is 23.4 Å². The number of hydrogen-bond donors (Lipinski definition) is 1. The molecule has 1 heterocycles. The number of aryl methyl sites for hydroxylation is 1. The summed E-state index contributed by atoms with van der Waals surface area (Å²) >= 11 is 7.91.